The molecule has 0 saturated carbocycles. The number of hydrogen-bond acceptors (Lipinski definition) is 5. The highest BCUT2D eigenvalue weighted by atomic mass is 16.5. The molecule has 0 bridgehead atoms. The van der Waals surface area contributed by atoms with Crippen molar-refractivity contribution in [2.24, 2.45) is 0 Å². The Kier molecular flexibility index (Phi) is 5.07. The monoisotopic (exact) mass is 368 g/mol. The number of carbonyl (C=O) groups is 3. The van der Waals surface area contributed by atoms with Gasteiger partial charge in [0.1, 0.15) is 12.3 Å². The van der Waals surface area contributed by atoms with E-state index in [2.05, 4.69) is 10.6 Å². The van der Waals surface area contributed by atoms with Crippen LogP contribution in [0.3, 0.4) is 0 Å². The van der Waals surface area contributed by atoms with Crippen LogP contribution in [0.1, 0.15) is 21.5 Å². The quantitative estimate of drug-likeness (QED) is 0.532. The summed E-state index contributed by atoms with van der Waals surface area (Å²) in [6.07, 6.45) is 1.52. The molecular weight excluding hydrogens is 352 g/mol. The summed E-state index contributed by atoms with van der Waals surface area (Å²) in [6, 6.07) is 10.9. The van der Waals surface area contributed by atoms with Crippen LogP contribution < -0.4 is 20.1 Å². The number of carboxylic acid groups (broad SMARTS) is 1. The summed E-state index contributed by atoms with van der Waals surface area (Å²) in [7, 11) is 1.48. The van der Waals surface area contributed by atoms with Gasteiger partial charge in [-0.25, -0.2) is 9.59 Å². The van der Waals surface area contributed by atoms with Gasteiger partial charge in [0.05, 0.1) is 12.7 Å². The number of carbonyl (C=O) groups excluding carboxylic acids is 2. The number of imide groups is 1. The van der Waals surface area contributed by atoms with E-state index in [0.717, 1.165) is 0 Å². The highest BCUT2D eigenvalue weighted by Crippen LogP contribution is 2.29. The Balaban J connectivity index is 1.76. The molecule has 1 saturated heterocycles. The summed E-state index contributed by atoms with van der Waals surface area (Å²) < 4.78 is 11.0. The fraction of sp³-hybridized carbons (Fsp3) is 0.105. The molecule has 0 unspecified atom stereocenters. The second-order valence-corrected chi connectivity index (χ2v) is 5.67. The molecule has 2 aromatic carbocycles. The molecule has 138 valence electrons. The molecule has 0 aromatic heterocycles. The molecule has 0 aliphatic carbocycles. The zero-order chi connectivity index (χ0) is 19.4. The first-order valence-electron chi connectivity index (χ1n) is 7.93. The standard InChI is InChI=1S/C19H16N2O6/c1-26-16-9-11(8-14-17(22)21-19(25)20-14)5-6-15(16)27-10-12-3-2-4-13(7-12)18(23)24/h2-9H,10H2,1H3,(H,23,24)(H2,20,21,22,25)/b14-8+. The van der Waals surface area contributed by atoms with E-state index in [1.54, 1.807) is 30.3 Å². The first-order valence-corrected chi connectivity index (χ1v) is 7.93. The lowest BCUT2D eigenvalue weighted by Crippen LogP contribution is -2.22. The van der Waals surface area contributed by atoms with Crippen LogP contribution in [0.4, 0.5) is 4.79 Å². The van der Waals surface area contributed by atoms with E-state index in [0.29, 0.717) is 22.6 Å². The van der Waals surface area contributed by atoms with Crippen LogP contribution in [0.2, 0.25) is 0 Å². The lowest BCUT2D eigenvalue weighted by molar-refractivity contribution is -0.115. The zero-order valence-electron chi connectivity index (χ0n) is 14.3. The summed E-state index contributed by atoms with van der Waals surface area (Å²) in [6.45, 7) is 0.163. The first-order chi connectivity index (χ1) is 13.0. The predicted octanol–water partition coefficient (Wildman–Crippen LogP) is 2.15. The number of rotatable bonds is 6. The minimum atomic E-state index is -1.00. The van der Waals surface area contributed by atoms with Crippen molar-refractivity contribution in [2.75, 3.05) is 7.11 Å². The van der Waals surface area contributed by atoms with Crippen molar-refractivity contribution in [1.82, 2.24) is 10.6 Å². The van der Waals surface area contributed by atoms with Crippen molar-refractivity contribution in [3.63, 3.8) is 0 Å². The molecule has 27 heavy (non-hydrogen) atoms. The van der Waals surface area contributed by atoms with Crippen LogP contribution in [-0.2, 0) is 11.4 Å². The highest BCUT2D eigenvalue weighted by Gasteiger charge is 2.22. The molecule has 0 radical (unpaired) electrons. The summed E-state index contributed by atoms with van der Waals surface area (Å²) in [5.41, 5.74) is 1.66. The van der Waals surface area contributed by atoms with Crippen LogP contribution in [0.5, 0.6) is 11.5 Å². The molecule has 8 heteroatoms. The smallest absolute Gasteiger partial charge is 0.335 e. The van der Waals surface area contributed by atoms with Gasteiger partial charge >= 0.3 is 12.0 Å². The number of carboxylic acids is 1. The Hall–Kier alpha value is -3.81. The van der Waals surface area contributed by atoms with Crippen molar-refractivity contribution in [3.05, 3.63) is 64.9 Å². The Morgan fingerprint density at radius 1 is 1.11 bits per heavy atom. The third-order valence-corrected chi connectivity index (χ3v) is 3.79. The lowest BCUT2D eigenvalue weighted by Gasteiger charge is -2.12. The summed E-state index contributed by atoms with van der Waals surface area (Å²) in [4.78, 5) is 33.8. The van der Waals surface area contributed by atoms with E-state index in [-0.39, 0.29) is 17.9 Å². The number of amides is 3. The van der Waals surface area contributed by atoms with Crippen molar-refractivity contribution < 1.29 is 29.0 Å². The van der Waals surface area contributed by atoms with Gasteiger partial charge in [-0.15, -0.1) is 0 Å². The number of urea groups is 1. The first kappa shape index (κ1) is 18.0. The molecule has 3 amide bonds. The third-order valence-electron chi connectivity index (χ3n) is 3.79. The molecule has 3 N–H and O–H groups in total. The molecule has 0 spiro atoms. The van der Waals surface area contributed by atoms with Crippen molar-refractivity contribution in [1.29, 1.82) is 0 Å². The second kappa shape index (κ2) is 7.61. The lowest BCUT2D eigenvalue weighted by atomic mass is 10.1. The van der Waals surface area contributed by atoms with E-state index in [4.69, 9.17) is 14.6 Å². The Labute approximate surface area is 154 Å². The predicted molar refractivity (Wildman–Crippen MR) is 95.4 cm³/mol. The van der Waals surface area contributed by atoms with E-state index < -0.39 is 17.9 Å². The number of methoxy groups -OCH3 is 1. The second-order valence-electron chi connectivity index (χ2n) is 5.67. The maximum atomic E-state index is 11.6. The Morgan fingerprint density at radius 3 is 2.59 bits per heavy atom. The maximum absolute atomic E-state index is 11.6. The number of ether oxygens (including phenoxy) is 2. The third kappa shape index (κ3) is 4.24. The van der Waals surface area contributed by atoms with Gasteiger partial charge in [0.2, 0.25) is 0 Å². The molecule has 0 atom stereocenters. The largest absolute Gasteiger partial charge is 0.493 e. The molecule has 1 aliphatic heterocycles. The molecule has 3 rings (SSSR count). The number of hydrogen-bond donors (Lipinski definition) is 3. The average molecular weight is 368 g/mol. The number of aromatic carboxylic acids is 1. The zero-order valence-corrected chi connectivity index (χ0v) is 14.3. The molecule has 1 aliphatic rings. The van der Waals surface area contributed by atoms with E-state index in [1.807, 2.05) is 0 Å². The topological polar surface area (TPSA) is 114 Å². The Bertz CT molecular complexity index is 951. The van der Waals surface area contributed by atoms with Gasteiger partial charge in [-0.2, -0.15) is 0 Å². The average Bonchev–Trinajstić information content (AvgIpc) is 2.97. The van der Waals surface area contributed by atoms with Gasteiger partial charge in [0, 0.05) is 0 Å². The molecule has 8 nitrogen and oxygen atoms in total. The highest BCUT2D eigenvalue weighted by molar-refractivity contribution is 6.14. The minimum absolute atomic E-state index is 0.140. The van der Waals surface area contributed by atoms with Crippen LogP contribution in [0.15, 0.2) is 48.2 Å². The number of benzene rings is 2. The Morgan fingerprint density at radius 2 is 1.93 bits per heavy atom. The normalized spacial score (nSPS) is 14.6. The van der Waals surface area contributed by atoms with E-state index in [9.17, 15) is 14.4 Å². The van der Waals surface area contributed by atoms with Crippen molar-refractivity contribution >= 4 is 24.0 Å². The van der Waals surface area contributed by atoms with Crippen molar-refractivity contribution in [2.45, 2.75) is 6.61 Å². The van der Waals surface area contributed by atoms with Gasteiger partial charge < -0.3 is 19.9 Å². The molecule has 2 aromatic rings. The SMILES string of the molecule is COc1cc(/C=C2/NC(=O)NC2=O)ccc1OCc1cccc(C(=O)O)c1. The summed E-state index contributed by atoms with van der Waals surface area (Å²) in [5.74, 6) is -0.615. The van der Waals surface area contributed by atoms with Gasteiger partial charge in [0.25, 0.3) is 5.91 Å². The van der Waals surface area contributed by atoms with E-state index >= 15 is 0 Å². The van der Waals surface area contributed by atoms with Crippen LogP contribution in [-0.4, -0.2) is 30.1 Å². The van der Waals surface area contributed by atoms with Crippen LogP contribution in [0.25, 0.3) is 6.08 Å². The van der Waals surface area contributed by atoms with Gasteiger partial charge in [-0.1, -0.05) is 18.2 Å². The van der Waals surface area contributed by atoms with Gasteiger partial charge in [-0.3, -0.25) is 10.1 Å². The van der Waals surface area contributed by atoms with E-state index in [1.165, 1.54) is 25.3 Å². The van der Waals surface area contributed by atoms with Crippen LogP contribution in [0, 0.1) is 0 Å². The minimum Gasteiger partial charge on any atom is -0.493 e. The fourth-order valence-corrected chi connectivity index (χ4v) is 2.50. The van der Waals surface area contributed by atoms with Crippen molar-refractivity contribution in [3.8, 4) is 11.5 Å². The van der Waals surface area contributed by atoms with Crippen LogP contribution >= 0.6 is 0 Å². The molecule has 1 heterocycles. The molecule has 1 fully saturated rings. The number of nitrogens with one attached hydrogen (secondary N) is 2. The summed E-state index contributed by atoms with van der Waals surface area (Å²) >= 11 is 0. The maximum Gasteiger partial charge on any atom is 0.335 e. The fourth-order valence-electron chi connectivity index (χ4n) is 2.50. The van der Waals surface area contributed by atoms with Gasteiger partial charge in [0.15, 0.2) is 11.5 Å². The van der Waals surface area contributed by atoms with Gasteiger partial charge in [-0.05, 0) is 41.5 Å². The molecular formula is C19H16N2O6. The summed E-state index contributed by atoms with van der Waals surface area (Å²) in [5, 5.41) is 13.6.